The van der Waals surface area contributed by atoms with Crippen molar-refractivity contribution in [1.29, 1.82) is 0 Å². The summed E-state index contributed by atoms with van der Waals surface area (Å²) in [6.45, 7) is 0.713. The second kappa shape index (κ2) is 7.50. The maximum atomic E-state index is 11.4. The Labute approximate surface area is 126 Å². The zero-order valence-corrected chi connectivity index (χ0v) is 12.7. The Morgan fingerprint density at radius 1 is 1.40 bits per heavy atom. The van der Waals surface area contributed by atoms with Crippen LogP contribution in [0.4, 0.5) is 0 Å². The summed E-state index contributed by atoms with van der Waals surface area (Å²) in [6, 6.07) is 8.17. The van der Waals surface area contributed by atoms with Crippen LogP contribution in [0.2, 0.25) is 0 Å². The van der Waals surface area contributed by atoms with E-state index in [1.165, 1.54) is 18.4 Å². The summed E-state index contributed by atoms with van der Waals surface area (Å²) in [7, 11) is 1.68. The molecule has 0 heterocycles. The van der Waals surface area contributed by atoms with Crippen LogP contribution in [-0.4, -0.2) is 26.1 Å². The molecule has 112 valence electrons. The van der Waals surface area contributed by atoms with Crippen molar-refractivity contribution in [3.63, 3.8) is 0 Å². The van der Waals surface area contributed by atoms with Gasteiger partial charge in [0.2, 0.25) is 5.91 Å². The second-order valence-electron chi connectivity index (χ2n) is 5.20. The fourth-order valence-electron chi connectivity index (χ4n) is 2.91. The molecule has 0 spiro atoms. The van der Waals surface area contributed by atoms with Crippen molar-refractivity contribution < 1.29 is 9.53 Å². The molecule has 2 rings (SSSR count). The Morgan fingerprint density at radius 2 is 2.10 bits per heavy atom. The van der Waals surface area contributed by atoms with Gasteiger partial charge in [-0.05, 0) is 30.5 Å². The standard InChI is InChI=1S/C15H22N2O2.ClH/c1-19-13-6-4-5-12(9-13)15(7-2-3-8-15)11-17-14(18)10-16;/h4-6,9H,2-3,7-8,10-11,16H2,1H3,(H,17,18);1H. The van der Waals surface area contributed by atoms with Crippen LogP contribution < -0.4 is 15.8 Å². The highest BCUT2D eigenvalue weighted by atomic mass is 35.5. The first-order valence-electron chi connectivity index (χ1n) is 6.81. The summed E-state index contributed by atoms with van der Waals surface area (Å²) in [4.78, 5) is 11.4. The van der Waals surface area contributed by atoms with Gasteiger partial charge in [-0.2, -0.15) is 0 Å². The smallest absolute Gasteiger partial charge is 0.233 e. The van der Waals surface area contributed by atoms with Crippen molar-refractivity contribution in [3.05, 3.63) is 29.8 Å². The van der Waals surface area contributed by atoms with Gasteiger partial charge in [0, 0.05) is 12.0 Å². The number of methoxy groups -OCH3 is 1. The minimum Gasteiger partial charge on any atom is -0.497 e. The number of benzene rings is 1. The zero-order valence-electron chi connectivity index (χ0n) is 11.9. The summed E-state index contributed by atoms with van der Waals surface area (Å²) in [5.41, 5.74) is 6.64. The number of carbonyl (C=O) groups excluding carboxylic acids is 1. The van der Waals surface area contributed by atoms with Gasteiger partial charge in [-0.1, -0.05) is 25.0 Å². The third kappa shape index (κ3) is 3.64. The van der Waals surface area contributed by atoms with Crippen molar-refractivity contribution in [2.75, 3.05) is 20.2 Å². The number of hydrogen-bond donors (Lipinski definition) is 2. The Balaban J connectivity index is 0.00000200. The normalized spacial score (nSPS) is 16.3. The van der Waals surface area contributed by atoms with Crippen LogP contribution in [0, 0.1) is 0 Å². The highest BCUT2D eigenvalue weighted by Gasteiger charge is 2.36. The maximum Gasteiger partial charge on any atom is 0.233 e. The highest BCUT2D eigenvalue weighted by molar-refractivity contribution is 5.85. The monoisotopic (exact) mass is 298 g/mol. The predicted molar refractivity (Wildman–Crippen MR) is 82.5 cm³/mol. The molecule has 1 aromatic carbocycles. The van der Waals surface area contributed by atoms with Gasteiger partial charge in [0.1, 0.15) is 5.75 Å². The van der Waals surface area contributed by atoms with Gasteiger partial charge in [-0.25, -0.2) is 0 Å². The molecule has 1 fully saturated rings. The third-order valence-electron chi connectivity index (χ3n) is 4.05. The molecule has 0 atom stereocenters. The maximum absolute atomic E-state index is 11.4. The largest absolute Gasteiger partial charge is 0.497 e. The fraction of sp³-hybridized carbons (Fsp3) is 0.533. The Bertz CT molecular complexity index is 445. The van der Waals surface area contributed by atoms with E-state index in [1.54, 1.807) is 7.11 Å². The number of carbonyl (C=O) groups is 1. The molecule has 0 saturated heterocycles. The Hall–Kier alpha value is -1.26. The van der Waals surface area contributed by atoms with Gasteiger partial charge >= 0.3 is 0 Å². The summed E-state index contributed by atoms with van der Waals surface area (Å²) in [5, 5.41) is 2.95. The topological polar surface area (TPSA) is 64.3 Å². The van der Waals surface area contributed by atoms with Crippen molar-refractivity contribution >= 4 is 18.3 Å². The third-order valence-corrected chi connectivity index (χ3v) is 4.05. The SMILES string of the molecule is COc1cccc(C2(CNC(=O)CN)CCCC2)c1.Cl. The van der Waals surface area contributed by atoms with Crippen LogP contribution in [0.3, 0.4) is 0 Å². The van der Waals surface area contributed by atoms with E-state index in [9.17, 15) is 4.79 Å². The molecule has 0 aliphatic heterocycles. The Morgan fingerprint density at radius 3 is 2.70 bits per heavy atom. The van der Waals surface area contributed by atoms with Gasteiger partial charge in [-0.3, -0.25) is 4.79 Å². The van der Waals surface area contributed by atoms with Gasteiger partial charge in [0.15, 0.2) is 0 Å². The first kappa shape index (κ1) is 16.8. The highest BCUT2D eigenvalue weighted by Crippen LogP contribution is 2.41. The lowest BCUT2D eigenvalue weighted by atomic mass is 9.78. The molecule has 0 aromatic heterocycles. The lowest BCUT2D eigenvalue weighted by Crippen LogP contribution is -2.41. The molecule has 5 heteroatoms. The average Bonchev–Trinajstić information content (AvgIpc) is 2.95. The van der Waals surface area contributed by atoms with E-state index in [4.69, 9.17) is 10.5 Å². The van der Waals surface area contributed by atoms with Crippen LogP contribution in [-0.2, 0) is 10.2 Å². The summed E-state index contributed by atoms with van der Waals surface area (Å²) >= 11 is 0. The number of ether oxygens (including phenoxy) is 1. The van der Waals surface area contributed by atoms with E-state index in [0.29, 0.717) is 6.54 Å². The minimum absolute atomic E-state index is 0. The molecule has 20 heavy (non-hydrogen) atoms. The molecular formula is C15H23ClN2O2. The number of halogens is 1. The molecule has 0 radical (unpaired) electrons. The van der Waals surface area contributed by atoms with E-state index in [-0.39, 0.29) is 30.3 Å². The number of nitrogens with one attached hydrogen (secondary N) is 1. The van der Waals surface area contributed by atoms with Crippen LogP contribution in [0.15, 0.2) is 24.3 Å². The van der Waals surface area contributed by atoms with Crippen molar-refractivity contribution in [2.24, 2.45) is 5.73 Å². The second-order valence-corrected chi connectivity index (χ2v) is 5.20. The van der Waals surface area contributed by atoms with Crippen LogP contribution in [0.25, 0.3) is 0 Å². The van der Waals surface area contributed by atoms with Gasteiger partial charge < -0.3 is 15.8 Å². The molecule has 3 N–H and O–H groups in total. The summed E-state index contributed by atoms with van der Waals surface area (Å²) in [5.74, 6) is 0.781. The van der Waals surface area contributed by atoms with Crippen molar-refractivity contribution in [2.45, 2.75) is 31.1 Å². The lowest BCUT2D eigenvalue weighted by Gasteiger charge is -2.30. The first-order valence-corrected chi connectivity index (χ1v) is 6.81. The number of hydrogen-bond acceptors (Lipinski definition) is 3. The molecule has 4 nitrogen and oxygen atoms in total. The summed E-state index contributed by atoms with van der Waals surface area (Å²) < 4.78 is 5.30. The number of nitrogens with two attached hydrogens (primary N) is 1. The Kier molecular flexibility index (Phi) is 6.30. The van der Waals surface area contributed by atoms with Crippen LogP contribution >= 0.6 is 12.4 Å². The first-order chi connectivity index (χ1) is 9.20. The van der Waals surface area contributed by atoms with Crippen LogP contribution in [0.1, 0.15) is 31.2 Å². The van der Waals surface area contributed by atoms with Gasteiger partial charge in [0.05, 0.1) is 13.7 Å². The molecule has 1 aromatic rings. The zero-order chi connectivity index (χ0) is 13.7. The minimum atomic E-state index is -0.0887. The van der Waals surface area contributed by atoms with E-state index >= 15 is 0 Å². The quantitative estimate of drug-likeness (QED) is 0.874. The molecular weight excluding hydrogens is 276 g/mol. The molecule has 1 amide bonds. The van der Waals surface area contributed by atoms with E-state index in [2.05, 4.69) is 17.4 Å². The number of amides is 1. The molecule has 1 aliphatic carbocycles. The summed E-state index contributed by atoms with van der Waals surface area (Å²) in [6.07, 6.45) is 4.61. The lowest BCUT2D eigenvalue weighted by molar-refractivity contribution is -0.120. The number of rotatable bonds is 5. The van der Waals surface area contributed by atoms with Gasteiger partial charge in [0.25, 0.3) is 0 Å². The molecule has 0 unspecified atom stereocenters. The van der Waals surface area contributed by atoms with E-state index in [1.807, 2.05) is 12.1 Å². The van der Waals surface area contributed by atoms with Gasteiger partial charge in [-0.15, -0.1) is 12.4 Å². The average molecular weight is 299 g/mol. The molecule has 1 aliphatic rings. The predicted octanol–water partition coefficient (Wildman–Crippen LogP) is 2.00. The van der Waals surface area contributed by atoms with E-state index < -0.39 is 0 Å². The van der Waals surface area contributed by atoms with Crippen LogP contribution in [0.5, 0.6) is 5.75 Å². The fourth-order valence-corrected chi connectivity index (χ4v) is 2.91. The van der Waals surface area contributed by atoms with Crippen molar-refractivity contribution in [3.8, 4) is 5.75 Å². The van der Waals surface area contributed by atoms with E-state index in [0.717, 1.165) is 18.6 Å². The van der Waals surface area contributed by atoms with Crippen molar-refractivity contribution in [1.82, 2.24) is 5.32 Å². The molecule has 1 saturated carbocycles. The molecule has 0 bridgehead atoms.